The first-order valence-electron chi connectivity index (χ1n) is 6.92. The number of benzene rings is 2. The first-order valence-corrected chi connectivity index (χ1v) is 7.30. The van der Waals surface area contributed by atoms with Gasteiger partial charge in [0, 0.05) is 0 Å². The van der Waals surface area contributed by atoms with Crippen molar-refractivity contribution in [2.45, 2.75) is 12.8 Å². The van der Waals surface area contributed by atoms with Crippen LogP contribution in [0.3, 0.4) is 0 Å². The fraction of sp³-hybridized carbons (Fsp3) is 0.294. The third-order valence-corrected chi connectivity index (χ3v) is 3.77. The van der Waals surface area contributed by atoms with Crippen LogP contribution >= 0.6 is 11.6 Å². The number of rotatable bonds is 6. The molecule has 0 heterocycles. The Labute approximate surface area is 128 Å². The van der Waals surface area contributed by atoms with Crippen molar-refractivity contribution in [3.8, 4) is 0 Å². The predicted octanol–water partition coefficient (Wildman–Crippen LogP) is 4.24. The van der Waals surface area contributed by atoms with E-state index in [0.717, 1.165) is 12.1 Å². The first-order chi connectivity index (χ1) is 10.1. The average molecular weight is 310 g/mol. The van der Waals surface area contributed by atoms with E-state index in [2.05, 4.69) is 5.32 Å². The van der Waals surface area contributed by atoms with E-state index in [9.17, 15) is 8.78 Å². The minimum absolute atomic E-state index is 0.123. The molecule has 0 saturated carbocycles. The Bertz CT molecular complexity index is 601. The maximum absolute atomic E-state index is 13.7. The van der Waals surface area contributed by atoms with E-state index in [4.69, 9.17) is 11.6 Å². The van der Waals surface area contributed by atoms with Gasteiger partial charge in [0.2, 0.25) is 0 Å². The second kappa shape index (κ2) is 7.53. The molecule has 0 aliphatic carbocycles. The highest BCUT2D eigenvalue weighted by molar-refractivity contribution is 6.30. The van der Waals surface area contributed by atoms with E-state index >= 15 is 0 Å². The molecule has 0 aliphatic heterocycles. The van der Waals surface area contributed by atoms with Crippen LogP contribution in [0.5, 0.6) is 0 Å². The van der Waals surface area contributed by atoms with E-state index in [0.29, 0.717) is 18.4 Å². The largest absolute Gasteiger partial charge is 0.319 e. The van der Waals surface area contributed by atoms with Gasteiger partial charge in [-0.25, -0.2) is 8.78 Å². The third-order valence-electron chi connectivity index (χ3n) is 3.47. The number of hydrogen-bond acceptors (Lipinski definition) is 1. The Morgan fingerprint density at radius 2 is 1.81 bits per heavy atom. The van der Waals surface area contributed by atoms with Gasteiger partial charge in [0.05, 0.1) is 5.02 Å². The predicted molar refractivity (Wildman–Crippen MR) is 82.6 cm³/mol. The van der Waals surface area contributed by atoms with Crippen molar-refractivity contribution in [3.05, 3.63) is 70.2 Å². The molecular formula is C17H18ClF2N. The van der Waals surface area contributed by atoms with E-state index in [-0.39, 0.29) is 16.8 Å². The van der Waals surface area contributed by atoms with Gasteiger partial charge in [-0.2, -0.15) is 0 Å². The monoisotopic (exact) mass is 309 g/mol. The van der Waals surface area contributed by atoms with Crippen LogP contribution in [-0.4, -0.2) is 13.6 Å². The summed E-state index contributed by atoms with van der Waals surface area (Å²) in [4.78, 5) is 0. The summed E-state index contributed by atoms with van der Waals surface area (Å²) in [6.07, 6.45) is 1.28. The Kier molecular flexibility index (Phi) is 5.71. The van der Waals surface area contributed by atoms with Gasteiger partial charge in [-0.3, -0.25) is 0 Å². The Morgan fingerprint density at radius 1 is 1.05 bits per heavy atom. The summed E-state index contributed by atoms with van der Waals surface area (Å²) in [5, 5.41) is 3.23. The molecule has 1 unspecified atom stereocenters. The van der Waals surface area contributed by atoms with Crippen LogP contribution in [0.2, 0.25) is 5.02 Å². The van der Waals surface area contributed by atoms with Gasteiger partial charge in [-0.1, -0.05) is 35.9 Å². The van der Waals surface area contributed by atoms with Crippen LogP contribution in [0.15, 0.2) is 42.5 Å². The summed E-state index contributed by atoms with van der Waals surface area (Å²) in [5.74, 6) is -0.420. The SMILES string of the molecule is CNCC(Cc1ccc(Cl)c(F)c1)Cc1ccccc1F. The minimum atomic E-state index is -0.414. The molecular weight excluding hydrogens is 292 g/mol. The van der Waals surface area contributed by atoms with Gasteiger partial charge < -0.3 is 5.32 Å². The highest BCUT2D eigenvalue weighted by Gasteiger charge is 2.13. The first kappa shape index (κ1) is 15.9. The van der Waals surface area contributed by atoms with E-state index in [1.165, 1.54) is 12.1 Å². The standard InChI is InChI=1S/C17H18ClF2N/c1-21-11-13(9-14-4-2-3-5-16(14)19)8-12-6-7-15(18)17(20)10-12/h2-7,10,13,21H,8-9,11H2,1H3. The fourth-order valence-corrected chi connectivity index (χ4v) is 2.60. The number of halogens is 3. The van der Waals surface area contributed by atoms with Crippen molar-refractivity contribution in [3.63, 3.8) is 0 Å². The summed E-state index contributed by atoms with van der Waals surface area (Å²) in [5.41, 5.74) is 1.56. The Balaban J connectivity index is 2.11. The average Bonchev–Trinajstić information content (AvgIpc) is 2.46. The topological polar surface area (TPSA) is 12.0 Å². The summed E-state index contributed by atoms with van der Waals surface area (Å²) in [7, 11) is 1.86. The molecule has 2 rings (SSSR count). The van der Waals surface area contributed by atoms with Crippen LogP contribution in [0, 0.1) is 17.6 Å². The van der Waals surface area contributed by atoms with Gasteiger partial charge in [0.15, 0.2) is 0 Å². The zero-order chi connectivity index (χ0) is 15.2. The van der Waals surface area contributed by atoms with Crippen molar-refractivity contribution in [1.29, 1.82) is 0 Å². The third kappa shape index (κ3) is 4.51. The Hall–Kier alpha value is -1.45. The summed E-state index contributed by atoms with van der Waals surface area (Å²) >= 11 is 5.69. The van der Waals surface area contributed by atoms with E-state index < -0.39 is 5.82 Å². The molecule has 0 aliphatic rings. The van der Waals surface area contributed by atoms with Crippen molar-refractivity contribution in [1.82, 2.24) is 5.32 Å². The molecule has 0 saturated heterocycles. The summed E-state index contributed by atoms with van der Waals surface area (Å²) in [6, 6.07) is 11.6. The zero-order valence-corrected chi connectivity index (χ0v) is 12.6. The van der Waals surface area contributed by atoms with Crippen LogP contribution in [-0.2, 0) is 12.8 Å². The molecule has 0 spiro atoms. The second-order valence-electron chi connectivity index (χ2n) is 5.17. The van der Waals surface area contributed by atoms with Gasteiger partial charge in [0.25, 0.3) is 0 Å². The van der Waals surface area contributed by atoms with Crippen molar-refractivity contribution < 1.29 is 8.78 Å². The number of hydrogen-bond donors (Lipinski definition) is 1. The van der Waals surface area contributed by atoms with Gasteiger partial charge in [-0.15, -0.1) is 0 Å². The van der Waals surface area contributed by atoms with Crippen molar-refractivity contribution >= 4 is 11.6 Å². The lowest BCUT2D eigenvalue weighted by Crippen LogP contribution is -2.23. The van der Waals surface area contributed by atoms with Crippen LogP contribution in [0.25, 0.3) is 0 Å². The van der Waals surface area contributed by atoms with Crippen molar-refractivity contribution in [2.75, 3.05) is 13.6 Å². The molecule has 2 aromatic carbocycles. The molecule has 0 fully saturated rings. The van der Waals surface area contributed by atoms with Gasteiger partial charge in [0.1, 0.15) is 11.6 Å². The molecule has 0 bridgehead atoms. The summed E-state index contributed by atoms with van der Waals surface area (Å²) < 4.78 is 27.2. The molecule has 0 radical (unpaired) electrons. The van der Waals surface area contributed by atoms with Gasteiger partial charge >= 0.3 is 0 Å². The maximum Gasteiger partial charge on any atom is 0.142 e. The smallest absolute Gasteiger partial charge is 0.142 e. The molecule has 2 aromatic rings. The highest BCUT2D eigenvalue weighted by atomic mass is 35.5. The van der Waals surface area contributed by atoms with Crippen LogP contribution in [0.4, 0.5) is 8.78 Å². The number of nitrogens with one attached hydrogen (secondary N) is 1. The maximum atomic E-state index is 13.7. The normalized spacial score (nSPS) is 12.4. The molecule has 0 amide bonds. The minimum Gasteiger partial charge on any atom is -0.319 e. The fourth-order valence-electron chi connectivity index (χ4n) is 2.48. The zero-order valence-electron chi connectivity index (χ0n) is 11.9. The van der Waals surface area contributed by atoms with Crippen LogP contribution < -0.4 is 5.32 Å². The second-order valence-corrected chi connectivity index (χ2v) is 5.58. The molecule has 0 aromatic heterocycles. The molecule has 1 nitrogen and oxygen atoms in total. The molecule has 1 N–H and O–H groups in total. The highest BCUT2D eigenvalue weighted by Crippen LogP contribution is 2.20. The molecule has 112 valence electrons. The molecule has 1 atom stereocenters. The summed E-state index contributed by atoms with van der Waals surface area (Å²) in [6.45, 7) is 0.735. The lowest BCUT2D eigenvalue weighted by Gasteiger charge is -2.17. The quantitative estimate of drug-likeness (QED) is 0.841. The Morgan fingerprint density at radius 3 is 2.48 bits per heavy atom. The van der Waals surface area contributed by atoms with Crippen molar-refractivity contribution in [2.24, 2.45) is 5.92 Å². The molecule has 21 heavy (non-hydrogen) atoms. The van der Waals surface area contributed by atoms with E-state index in [1.807, 2.05) is 19.2 Å². The van der Waals surface area contributed by atoms with E-state index in [1.54, 1.807) is 18.2 Å². The van der Waals surface area contributed by atoms with Crippen LogP contribution in [0.1, 0.15) is 11.1 Å². The van der Waals surface area contributed by atoms with Gasteiger partial charge in [-0.05, 0) is 61.7 Å². The molecule has 4 heteroatoms. The lowest BCUT2D eigenvalue weighted by atomic mass is 9.92. The lowest BCUT2D eigenvalue weighted by molar-refractivity contribution is 0.478.